The Labute approximate surface area is 144 Å². The number of aryl methyl sites for hydroxylation is 2. The molecule has 0 spiro atoms. The normalized spacial score (nSPS) is 12.3. The van der Waals surface area contributed by atoms with Gasteiger partial charge >= 0.3 is 0 Å². The highest BCUT2D eigenvalue weighted by atomic mass is 79.9. The van der Waals surface area contributed by atoms with Crippen molar-refractivity contribution in [2.24, 2.45) is 0 Å². The Morgan fingerprint density at radius 2 is 1.71 bits per heavy atom. The van der Waals surface area contributed by atoms with Gasteiger partial charge in [-0.15, -0.1) is 0 Å². The van der Waals surface area contributed by atoms with Crippen molar-refractivity contribution < 1.29 is 4.74 Å². The number of hydrogen-bond donors (Lipinski definition) is 0. The maximum Gasteiger partial charge on any atom is 0.126 e. The zero-order chi connectivity index (χ0) is 15.6. The minimum Gasteiger partial charge on any atom is -0.496 e. The van der Waals surface area contributed by atoms with Crippen LogP contribution >= 0.6 is 31.9 Å². The van der Waals surface area contributed by atoms with Gasteiger partial charge in [0.1, 0.15) is 5.75 Å². The molecule has 0 aliphatic rings. The molecule has 0 aliphatic carbocycles. The second-order valence-electron chi connectivity index (χ2n) is 5.40. The predicted molar refractivity (Wildman–Crippen MR) is 96.7 cm³/mol. The van der Waals surface area contributed by atoms with Crippen LogP contribution in [0, 0.1) is 20.8 Å². The number of rotatable bonds is 4. The smallest absolute Gasteiger partial charge is 0.126 e. The van der Waals surface area contributed by atoms with Crippen LogP contribution in [-0.2, 0) is 6.42 Å². The number of halogens is 2. The highest BCUT2D eigenvalue weighted by Crippen LogP contribution is 2.41. The largest absolute Gasteiger partial charge is 0.496 e. The van der Waals surface area contributed by atoms with Gasteiger partial charge < -0.3 is 4.74 Å². The van der Waals surface area contributed by atoms with E-state index in [9.17, 15) is 0 Å². The van der Waals surface area contributed by atoms with Gasteiger partial charge in [-0.2, -0.15) is 0 Å². The van der Waals surface area contributed by atoms with Crippen molar-refractivity contribution in [2.45, 2.75) is 32.0 Å². The lowest BCUT2D eigenvalue weighted by Gasteiger charge is -2.20. The van der Waals surface area contributed by atoms with Crippen LogP contribution in [0.1, 0.15) is 32.6 Å². The number of benzene rings is 2. The van der Waals surface area contributed by atoms with Gasteiger partial charge in [-0.25, -0.2) is 0 Å². The Morgan fingerprint density at radius 3 is 2.29 bits per heavy atom. The molecule has 1 atom stereocenters. The fourth-order valence-corrected chi connectivity index (χ4v) is 4.04. The van der Waals surface area contributed by atoms with Crippen molar-refractivity contribution in [3.05, 3.63) is 62.6 Å². The lowest BCUT2D eigenvalue weighted by atomic mass is 9.97. The van der Waals surface area contributed by atoms with Crippen molar-refractivity contribution in [1.29, 1.82) is 0 Å². The molecule has 2 rings (SSSR count). The number of methoxy groups -OCH3 is 1. The van der Waals surface area contributed by atoms with E-state index in [1.165, 1.54) is 22.3 Å². The number of hydrogen-bond acceptors (Lipinski definition) is 1. The third kappa shape index (κ3) is 3.70. The molecule has 3 heteroatoms. The Kier molecular flexibility index (Phi) is 5.50. The third-order valence-electron chi connectivity index (χ3n) is 3.76. The van der Waals surface area contributed by atoms with Gasteiger partial charge in [0.25, 0.3) is 0 Å². The second kappa shape index (κ2) is 6.97. The molecule has 1 nitrogen and oxygen atoms in total. The molecule has 0 heterocycles. The Bertz CT molecular complexity index is 633. The van der Waals surface area contributed by atoms with Crippen LogP contribution in [0.15, 0.2) is 34.8 Å². The van der Waals surface area contributed by atoms with Gasteiger partial charge in [-0.1, -0.05) is 61.7 Å². The van der Waals surface area contributed by atoms with Crippen molar-refractivity contribution in [2.75, 3.05) is 7.11 Å². The molecule has 0 radical (unpaired) electrons. The summed E-state index contributed by atoms with van der Waals surface area (Å²) in [4.78, 5) is 0.228. The lowest BCUT2D eigenvalue weighted by Crippen LogP contribution is -2.04. The second-order valence-corrected chi connectivity index (χ2v) is 7.36. The van der Waals surface area contributed by atoms with Crippen LogP contribution in [0.2, 0.25) is 0 Å². The van der Waals surface area contributed by atoms with E-state index in [0.717, 1.165) is 22.2 Å². The predicted octanol–water partition coefficient (Wildman–Crippen LogP) is 6.06. The summed E-state index contributed by atoms with van der Waals surface area (Å²) in [6, 6.07) is 10.8. The first-order chi connectivity index (χ1) is 9.93. The fraction of sp³-hybridized carbons (Fsp3) is 0.333. The lowest BCUT2D eigenvalue weighted by molar-refractivity contribution is 0.405. The fourth-order valence-electron chi connectivity index (χ4n) is 2.56. The molecule has 2 aromatic rings. The average Bonchev–Trinajstić information content (AvgIpc) is 2.44. The summed E-state index contributed by atoms with van der Waals surface area (Å²) < 4.78 is 6.77. The summed E-state index contributed by atoms with van der Waals surface area (Å²) in [6.07, 6.45) is 0.938. The zero-order valence-electron chi connectivity index (χ0n) is 12.8. The number of ether oxygens (including phenoxy) is 1. The quantitative estimate of drug-likeness (QED) is 0.555. The summed E-state index contributed by atoms with van der Waals surface area (Å²) in [5.74, 6) is 0.977. The standard InChI is InChI=1S/C18H20Br2O/c1-11-5-7-14(8-6-11)10-16(20)17-13(3)15(19)9-12(2)18(17)21-4/h5-9,16H,10H2,1-4H3. The van der Waals surface area contributed by atoms with Gasteiger partial charge in [0.05, 0.1) is 7.11 Å². The van der Waals surface area contributed by atoms with E-state index in [-0.39, 0.29) is 4.83 Å². The summed E-state index contributed by atoms with van der Waals surface area (Å²) >= 11 is 7.50. The van der Waals surface area contributed by atoms with E-state index in [1.807, 2.05) is 0 Å². The molecule has 112 valence electrons. The zero-order valence-corrected chi connectivity index (χ0v) is 16.0. The SMILES string of the molecule is COc1c(C)cc(Br)c(C)c1C(Br)Cc1ccc(C)cc1. The molecular weight excluding hydrogens is 392 g/mol. The molecule has 1 unspecified atom stereocenters. The van der Waals surface area contributed by atoms with Gasteiger partial charge in [-0.3, -0.25) is 0 Å². The van der Waals surface area contributed by atoms with E-state index < -0.39 is 0 Å². The average molecular weight is 412 g/mol. The van der Waals surface area contributed by atoms with E-state index in [4.69, 9.17) is 4.74 Å². The van der Waals surface area contributed by atoms with E-state index in [1.54, 1.807) is 7.11 Å². The highest BCUT2D eigenvalue weighted by molar-refractivity contribution is 9.10. The van der Waals surface area contributed by atoms with Gasteiger partial charge in [0.15, 0.2) is 0 Å². The first kappa shape index (κ1) is 16.6. The molecule has 0 amide bonds. The molecule has 0 N–H and O–H groups in total. The van der Waals surface area contributed by atoms with Crippen LogP contribution in [0.3, 0.4) is 0 Å². The minimum atomic E-state index is 0.228. The Hall–Kier alpha value is -0.800. The van der Waals surface area contributed by atoms with Crippen molar-refractivity contribution >= 4 is 31.9 Å². The minimum absolute atomic E-state index is 0.228. The first-order valence-corrected chi connectivity index (χ1v) is 8.68. The highest BCUT2D eigenvalue weighted by Gasteiger charge is 2.20. The molecule has 21 heavy (non-hydrogen) atoms. The number of alkyl halides is 1. The van der Waals surface area contributed by atoms with Crippen LogP contribution in [0.25, 0.3) is 0 Å². The van der Waals surface area contributed by atoms with Crippen LogP contribution in [-0.4, -0.2) is 7.11 Å². The van der Waals surface area contributed by atoms with E-state index in [2.05, 4.69) is 83.0 Å². The first-order valence-electron chi connectivity index (χ1n) is 6.97. The van der Waals surface area contributed by atoms with Gasteiger partial charge in [0.2, 0.25) is 0 Å². The van der Waals surface area contributed by atoms with E-state index in [0.29, 0.717) is 0 Å². The molecule has 0 saturated heterocycles. The van der Waals surface area contributed by atoms with Gasteiger partial charge in [-0.05, 0) is 49.9 Å². The van der Waals surface area contributed by atoms with Gasteiger partial charge in [0, 0.05) is 14.9 Å². The van der Waals surface area contributed by atoms with Crippen molar-refractivity contribution in [1.82, 2.24) is 0 Å². The Balaban J connectivity index is 2.38. The third-order valence-corrected chi connectivity index (χ3v) is 5.37. The molecule has 0 saturated carbocycles. The molecule has 2 aromatic carbocycles. The Morgan fingerprint density at radius 1 is 1.10 bits per heavy atom. The molecule has 0 aliphatic heterocycles. The van der Waals surface area contributed by atoms with Crippen LogP contribution in [0.4, 0.5) is 0 Å². The maximum absolute atomic E-state index is 5.64. The van der Waals surface area contributed by atoms with Crippen LogP contribution < -0.4 is 4.74 Å². The summed E-state index contributed by atoms with van der Waals surface area (Å²) in [5, 5.41) is 0. The molecule has 0 bridgehead atoms. The summed E-state index contributed by atoms with van der Waals surface area (Å²) in [5.41, 5.74) is 6.22. The van der Waals surface area contributed by atoms with E-state index >= 15 is 0 Å². The van der Waals surface area contributed by atoms with Crippen molar-refractivity contribution in [3.63, 3.8) is 0 Å². The maximum atomic E-state index is 5.64. The molecular formula is C18H20Br2O. The van der Waals surface area contributed by atoms with Crippen LogP contribution in [0.5, 0.6) is 5.75 Å². The topological polar surface area (TPSA) is 9.23 Å². The monoisotopic (exact) mass is 410 g/mol. The summed E-state index contributed by atoms with van der Waals surface area (Å²) in [6.45, 7) is 6.32. The summed E-state index contributed by atoms with van der Waals surface area (Å²) in [7, 11) is 1.74. The van der Waals surface area contributed by atoms with Crippen molar-refractivity contribution in [3.8, 4) is 5.75 Å². The molecule has 0 aromatic heterocycles. The molecule has 0 fully saturated rings.